The van der Waals surface area contributed by atoms with Crippen LogP contribution in [0.15, 0.2) is 30.3 Å². The summed E-state index contributed by atoms with van der Waals surface area (Å²) < 4.78 is 10.9. The molecule has 0 amide bonds. The Hall–Kier alpha value is -1.84. The van der Waals surface area contributed by atoms with Gasteiger partial charge in [-0.05, 0) is 32.8 Å². The maximum atomic E-state index is 12.6. The average Bonchev–Trinajstić information content (AvgIpc) is 2.67. The Morgan fingerprint density at radius 3 is 1.93 bits per heavy atom. The predicted octanol–water partition coefficient (Wildman–Crippen LogP) is 6.61. The maximum absolute atomic E-state index is 12.6. The molecule has 0 aromatic heterocycles. The molecule has 1 aromatic carbocycles. The third-order valence-corrected chi connectivity index (χ3v) is 4.80. The van der Waals surface area contributed by atoms with Crippen LogP contribution in [-0.2, 0) is 25.7 Å². The second kappa shape index (κ2) is 14.2. The largest absolute Gasteiger partial charge is 0.460 e. The first kappa shape index (κ1) is 25.2. The second-order valence-electron chi connectivity index (χ2n) is 8.80. The number of rotatable bonds is 14. The van der Waals surface area contributed by atoms with Crippen LogP contribution in [0.1, 0.15) is 97.5 Å². The van der Waals surface area contributed by atoms with E-state index in [2.05, 4.69) is 6.92 Å². The fraction of sp³-hybridized carbons (Fsp3) is 0.680. The molecular weight excluding hydrogens is 364 g/mol. The first-order chi connectivity index (χ1) is 13.8. The Labute approximate surface area is 177 Å². The van der Waals surface area contributed by atoms with E-state index in [0.717, 1.165) is 24.8 Å². The number of unbranched alkanes of at least 4 members (excludes halogenated alkanes) is 8. The smallest absolute Gasteiger partial charge is 0.320 e. The molecule has 0 fully saturated rings. The number of hydrogen-bond donors (Lipinski definition) is 0. The first-order valence-electron chi connectivity index (χ1n) is 11.3. The monoisotopic (exact) mass is 404 g/mol. The number of esters is 2. The maximum Gasteiger partial charge on any atom is 0.320 e. The molecule has 0 radical (unpaired) electrons. The topological polar surface area (TPSA) is 52.6 Å². The molecule has 0 saturated carbocycles. The zero-order valence-electron chi connectivity index (χ0n) is 18.9. The Morgan fingerprint density at radius 2 is 1.38 bits per heavy atom. The van der Waals surface area contributed by atoms with Crippen LogP contribution in [0.5, 0.6) is 0 Å². The van der Waals surface area contributed by atoms with Crippen molar-refractivity contribution in [3.63, 3.8) is 0 Å². The lowest BCUT2D eigenvalue weighted by Gasteiger charge is -2.23. The first-order valence-corrected chi connectivity index (χ1v) is 11.3. The molecule has 0 heterocycles. The summed E-state index contributed by atoms with van der Waals surface area (Å²) in [6, 6.07) is 9.51. The highest BCUT2D eigenvalue weighted by atomic mass is 16.6. The predicted molar refractivity (Wildman–Crippen MR) is 117 cm³/mol. The minimum atomic E-state index is -0.845. The Balaban J connectivity index is 2.44. The average molecular weight is 405 g/mol. The molecule has 1 unspecified atom stereocenters. The van der Waals surface area contributed by atoms with E-state index >= 15 is 0 Å². The molecule has 0 aliphatic heterocycles. The molecule has 0 aliphatic rings. The molecule has 4 heteroatoms. The van der Waals surface area contributed by atoms with Crippen molar-refractivity contribution in [1.82, 2.24) is 0 Å². The summed E-state index contributed by atoms with van der Waals surface area (Å²) in [5.74, 6) is -1.81. The summed E-state index contributed by atoms with van der Waals surface area (Å²) in [5, 5.41) is 0. The molecule has 1 rings (SSSR count). The van der Waals surface area contributed by atoms with Crippen molar-refractivity contribution in [3.8, 4) is 0 Å². The molecule has 0 spiro atoms. The van der Waals surface area contributed by atoms with E-state index in [9.17, 15) is 9.59 Å². The number of benzene rings is 1. The van der Waals surface area contributed by atoms with Crippen molar-refractivity contribution in [2.75, 3.05) is 0 Å². The molecule has 164 valence electrons. The van der Waals surface area contributed by atoms with Crippen LogP contribution < -0.4 is 0 Å². The Morgan fingerprint density at radius 1 is 0.828 bits per heavy atom. The van der Waals surface area contributed by atoms with Crippen LogP contribution in [0.3, 0.4) is 0 Å². The Kier molecular flexibility index (Phi) is 12.3. The van der Waals surface area contributed by atoms with Gasteiger partial charge in [0.1, 0.15) is 12.2 Å². The molecular formula is C25H40O4. The fourth-order valence-corrected chi connectivity index (χ4v) is 3.19. The van der Waals surface area contributed by atoms with Gasteiger partial charge < -0.3 is 9.47 Å². The van der Waals surface area contributed by atoms with Crippen LogP contribution in [0.4, 0.5) is 0 Å². The zero-order valence-corrected chi connectivity index (χ0v) is 18.9. The van der Waals surface area contributed by atoms with Gasteiger partial charge in [0.25, 0.3) is 0 Å². The highest BCUT2D eigenvalue weighted by molar-refractivity contribution is 5.95. The fourth-order valence-electron chi connectivity index (χ4n) is 3.19. The molecule has 1 aromatic rings. The van der Waals surface area contributed by atoms with Crippen LogP contribution >= 0.6 is 0 Å². The van der Waals surface area contributed by atoms with Gasteiger partial charge in [0.15, 0.2) is 5.92 Å². The van der Waals surface area contributed by atoms with Gasteiger partial charge in [-0.25, -0.2) is 0 Å². The second-order valence-corrected chi connectivity index (χ2v) is 8.80. The van der Waals surface area contributed by atoms with E-state index < -0.39 is 23.5 Å². The van der Waals surface area contributed by atoms with Gasteiger partial charge in [-0.15, -0.1) is 0 Å². The van der Waals surface area contributed by atoms with Crippen LogP contribution in [0.25, 0.3) is 0 Å². The molecule has 29 heavy (non-hydrogen) atoms. The molecule has 0 bridgehead atoms. The summed E-state index contributed by atoms with van der Waals surface area (Å²) in [5.41, 5.74) is 0.292. The van der Waals surface area contributed by atoms with Crippen molar-refractivity contribution < 1.29 is 19.1 Å². The summed E-state index contributed by atoms with van der Waals surface area (Å²) in [7, 11) is 0. The minimum Gasteiger partial charge on any atom is -0.460 e. The molecule has 4 nitrogen and oxygen atoms in total. The highest BCUT2D eigenvalue weighted by Gasteiger charge is 2.32. The van der Waals surface area contributed by atoms with Crippen molar-refractivity contribution in [3.05, 3.63) is 35.9 Å². The summed E-state index contributed by atoms with van der Waals surface area (Å²) in [4.78, 5) is 25.1. The van der Waals surface area contributed by atoms with Gasteiger partial charge >= 0.3 is 11.9 Å². The van der Waals surface area contributed by atoms with Crippen LogP contribution in [-0.4, -0.2) is 17.5 Å². The van der Waals surface area contributed by atoms with E-state index in [1.54, 1.807) is 0 Å². The summed E-state index contributed by atoms with van der Waals surface area (Å²) in [6.07, 6.45) is 11.2. The van der Waals surface area contributed by atoms with Gasteiger partial charge in [0.05, 0.1) is 0 Å². The van der Waals surface area contributed by atoms with Crippen LogP contribution in [0.2, 0.25) is 0 Å². The van der Waals surface area contributed by atoms with Crippen molar-refractivity contribution in [2.24, 2.45) is 5.92 Å². The number of ether oxygens (including phenoxy) is 2. The third-order valence-electron chi connectivity index (χ3n) is 4.80. The van der Waals surface area contributed by atoms with Crippen LogP contribution in [0, 0.1) is 5.92 Å². The molecule has 1 atom stereocenters. The SMILES string of the molecule is CCCCCCCCCCCC(C(=O)OCc1ccccc1)C(=O)OC(C)(C)C. The number of carbonyl (C=O) groups is 2. The van der Waals surface area contributed by atoms with E-state index in [4.69, 9.17) is 9.47 Å². The van der Waals surface area contributed by atoms with Crippen molar-refractivity contribution in [2.45, 2.75) is 104 Å². The van der Waals surface area contributed by atoms with Gasteiger partial charge in [0.2, 0.25) is 0 Å². The lowest BCUT2D eigenvalue weighted by atomic mass is 9.99. The third kappa shape index (κ3) is 12.4. The van der Waals surface area contributed by atoms with Gasteiger partial charge in [-0.1, -0.05) is 95.0 Å². The van der Waals surface area contributed by atoms with E-state index in [1.165, 1.54) is 38.5 Å². The standard InChI is InChI=1S/C25H40O4/c1-5-6-7-8-9-10-11-12-16-19-22(24(27)29-25(2,3)4)23(26)28-20-21-17-14-13-15-18-21/h13-15,17-18,22H,5-12,16,19-20H2,1-4H3. The number of carbonyl (C=O) groups excluding carboxylic acids is 2. The molecule has 0 N–H and O–H groups in total. The summed E-state index contributed by atoms with van der Waals surface area (Å²) in [6.45, 7) is 7.85. The minimum absolute atomic E-state index is 0.177. The van der Waals surface area contributed by atoms with Crippen molar-refractivity contribution >= 4 is 11.9 Å². The summed E-state index contributed by atoms with van der Waals surface area (Å²) >= 11 is 0. The lowest BCUT2D eigenvalue weighted by molar-refractivity contribution is -0.170. The quantitative estimate of drug-likeness (QED) is 0.199. The number of hydrogen-bond acceptors (Lipinski definition) is 4. The lowest BCUT2D eigenvalue weighted by Crippen LogP contribution is -2.33. The van der Waals surface area contributed by atoms with Gasteiger partial charge in [0, 0.05) is 0 Å². The van der Waals surface area contributed by atoms with Crippen molar-refractivity contribution in [1.29, 1.82) is 0 Å². The molecule has 0 aliphatic carbocycles. The normalized spacial score (nSPS) is 12.4. The zero-order chi connectivity index (χ0) is 21.5. The van der Waals surface area contributed by atoms with Gasteiger partial charge in [-0.2, -0.15) is 0 Å². The van der Waals surface area contributed by atoms with E-state index in [0.29, 0.717) is 6.42 Å². The Bertz CT molecular complexity index is 574. The van der Waals surface area contributed by atoms with E-state index in [1.807, 2.05) is 51.1 Å². The molecule has 0 saturated heterocycles. The van der Waals surface area contributed by atoms with Gasteiger partial charge in [-0.3, -0.25) is 9.59 Å². The van der Waals surface area contributed by atoms with E-state index in [-0.39, 0.29) is 6.61 Å². The highest BCUT2D eigenvalue weighted by Crippen LogP contribution is 2.20.